The van der Waals surface area contributed by atoms with Crippen molar-refractivity contribution in [2.75, 3.05) is 13.1 Å². The molecule has 2 fully saturated rings. The second kappa shape index (κ2) is 5.81. The van der Waals surface area contributed by atoms with Gasteiger partial charge in [-0.05, 0) is 25.3 Å². The number of pyridine rings is 1. The molecule has 0 saturated carbocycles. The van der Waals surface area contributed by atoms with Gasteiger partial charge in [0, 0.05) is 18.7 Å². The Balaban J connectivity index is 1.79. The van der Waals surface area contributed by atoms with Crippen LogP contribution in [-0.4, -0.2) is 45.7 Å². The Morgan fingerprint density at radius 2 is 2.05 bits per heavy atom. The first-order chi connectivity index (χ1) is 10.1. The van der Waals surface area contributed by atoms with E-state index in [-0.39, 0.29) is 36.1 Å². The van der Waals surface area contributed by atoms with E-state index in [4.69, 9.17) is 23.2 Å². The van der Waals surface area contributed by atoms with Crippen molar-refractivity contribution >= 4 is 35.0 Å². The van der Waals surface area contributed by atoms with Gasteiger partial charge in [-0.25, -0.2) is 4.98 Å². The number of halogens is 2. The fraction of sp³-hybridized carbons (Fsp3) is 0.500. The molecule has 21 heavy (non-hydrogen) atoms. The maximum Gasteiger partial charge on any atom is 0.246 e. The van der Waals surface area contributed by atoms with Gasteiger partial charge in [0.15, 0.2) is 0 Å². The van der Waals surface area contributed by atoms with Crippen LogP contribution in [0.25, 0.3) is 0 Å². The molecular formula is C14H15Cl2N3O2. The average Bonchev–Trinajstić information content (AvgIpc) is 2.47. The number of carbonyl (C=O) groups is 2. The Morgan fingerprint density at radius 3 is 2.81 bits per heavy atom. The quantitative estimate of drug-likeness (QED) is 0.782. The zero-order chi connectivity index (χ0) is 15.0. The van der Waals surface area contributed by atoms with Gasteiger partial charge in [-0.15, -0.1) is 0 Å². The molecule has 1 aromatic heterocycles. The number of rotatable bonds is 2. The van der Waals surface area contributed by atoms with Crippen LogP contribution in [0, 0.1) is 0 Å². The van der Waals surface area contributed by atoms with Crippen molar-refractivity contribution in [1.29, 1.82) is 0 Å². The van der Waals surface area contributed by atoms with Crippen molar-refractivity contribution in [3.05, 3.63) is 28.0 Å². The minimum Gasteiger partial charge on any atom is -0.329 e. The van der Waals surface area contributed by atoms with Crippen LogP contribution in [-0.2, 0) is 16.1 Å². The van der Waals surface area contributed by atoms with E-state index >= 15 is 0 Å². The lowest BCUT2D eigenvalue weighted by molar-refractivity contribution is -0.158. The number of amides is 2. The summed E-state index contributed by atoms with van der Waals surface area (Å²) >= 11 is 11.8. The first-order valence-electron chi connectivity index (χ1n) is 6.95. The summed E-state index contributed by atoms with van der Waals surface area (Å²) in [5, 5.41) is 0.581. The Hall–Kier alpha value is -1.33. The highest BCUT2D eigenvalue weighted by atomic mass is 35.5. The van der Waals surface area contributed by atoms with Gasteiger partial charge in [0.1, 0.15) is 22.9 Å². The topological polar surface area (TPSA) is 53.5 Å². The number of piperidine rings is 1. The van der Waals surface area contributed by atoms with E-state index < -0.39 is 0 Å². The Bertz CT molecular complexity index is 594. The molecule has 0 aliphatic carbocycles. The van der Waals surface area contributed by atoms with Crippen molar-refractivity contribution in [3.63, 3.8) is 0 Å². The number of piperazine rings is 1. The molecular weight excluding hydrogens is 313 g/mol. The SMILES string of the molecule is O=C1C2CCCCN2C(=O)CN1Cc1ccc(Cl)nc1Cl. The molecule has 1 aromatic rings. The van der Waals surface area contributed by atoms with Crippen LogP contribution in [0.3, 0.4) is 0 Å². The summed E-state index contributed by atoms with van der Waals surface area (Å²) in [4.78, 5) is 31.9. The van der Waals surface area contributed by atoms with Crippen molar-refractivity contribution in [2.45, 2.75) is 31.8 Å². The normalized spacial score (nSPS) is 22.5. The van der Waals surface area contributed by atoms with Gasteiger partial charge in [0.2, 0.25) is 11.8 Å². The third-order valence-corrected chi connectivity index (χ3v) is 4.54. The van der Waals surface area contributed by atoms with E-state index in [1.165, 1.54) is 0 Å². The first kappa shape index (κ1) is 14.6. The van der Waals surface area contributed by atoms with E-state index in [9.17, 15) is 9.59 Å². The summed E-state index contributed by atoms with van der Waals surface area (Å²) in [7, 11) is 0. The third-order valence-electron chi connectivity index (χ3n) is 4.00. The largest absolute Gasteiger partial charge is 0.329 e. The molecule has 3 rings (SSSR count). The molecule has 0 bridgehead atoms. The first-order valence-corrected chi connectivity index (χ1v) is 7.71. The molecule has 0 aromatic carbocycles. The van der Waals surface area contributed by atoms with Crippen molar-refractivity contribution in [1.82, 2.24) is 14.8 Å². The van der Waals surface area contributed by atoms with E-state index in [1.807, 2.05) is 0 Å². The van der Waals surface area contributed by atoms with Crippen molar-refractivity contribution in [3.8, 4) is 0 Å². The second-order valence-corrected chi connectivity index (χ2v) is 6.12. The van der Waals surface area contributed by atoms with Crippen molar-refractivity contribution < 1.29 is 9.59 Å². The molecule has 0 radical (unpaired) electrons. The molecule has 2 aliphatic heterocycles. The molecule has 0 N–H and O–H groups in total. The average molecular weight is 328 g/mol. The smallest absolute Gasteiger partial charge is 0.246 e. The van der Waals surface area contributed by atoms with E-state index in [0.717, 1.165) is 19.3 Å². The molecule has 3 heterocycles. The van der Waals surface area contributed by atoms with Crippen LogP contribution in [0.15, 0.2) is 12.1 Å². The highest BCUT2D eigenvalue weighted by Gasteiger charge is 2.40. The Morgan fingerprint density at radius 1 is 1.24 bits per heavy atom. The monoisotopic (exact) mass is 327 g/mol. The summed E-state index contributed by atoms with van der Waals surface area (Å²) in [5.41, 5.74) is 0.700. The third kappa shape index (κ3) is 2.85. The minimum absolute atomic E-state index is 0.000293. The van der Waals surface area contributed by atoms with Gasteiger partial charge in [0.25, 0.3) is 0 Å². The predicted molar refractivity (Wildman–Crippen MR) is 79.0 cm³/mol. The summed E-state index contributed by atoms with van der Waals surface area (Å²) in [5.74, 6) is 0.0117. The number of fused-ring (bicyclic) bond motifs is 1. The van der Waals surface area contributed by atoms with E-state index in [2.05, 4.69) is 4.98 Å². The molecule has 5 nitrogen and oxygen atoms in total. The highest BCUT2D eigenvalue weighted by molar-refractivity contribution is 6.32. The number of hydrogen-bond acceptors (Lipinski definition) is 3. The summed E-state index contributed by atoms with van der Waals surface area (Å²) in [6.07, 6.45) is 2.70. The Kier molecular flexibility index (Phi) is 4.04. The fourth-order valence-corrected chi connectivity index (χ4v) is 3.33. The zero-order valence-corrected chi connectivity index (χ0v) is 12.9. The summed E-state index contributed by atoms with van der Waals surface area (Å²) in [6, 6.07) is 3.06. The van der Waals surface area contributed by atoms with Gasteiger partial charge in [-0.3, -0.25) is 9.59 Å². The maximum atomic E-state index is 12.5. The van der Waals surface area contributed by atoms with E-state index in [0.29, 0.717) is 17.3 Å². The molecule has 2 aliphatic rings. The summed E-state index contributed by atoms with van der Waals surface area (Å²) in [6.45, 7) is 1.08. The molecule has 1 unspecified atom stereocenters. The van der Waals surface area contributed by atoms with Gasteiger partial charge in [-0.1, -0.05) is 29.3 Å². The minimum atomic E-state index is -0.306. The van der Waals surface area contributed by atoms with Gasteiger partial charge < -0.3 is 9.80 Å². The van der Waals surface area contributed by atoms with Crippen LogP contribution < -0.4 is 0 Å². The number of aromatic nitrogens is 1. The van der Waals surface area contributed by atoms with Crippen LogP contribution in [0.5, 0.6) is 0 Å². The molecule has 0 spiro atoms. The maximum absolute atomic E-state index is 12.5. The molecule has 2 amide bonds. The lowest BCUT2D eigenvalue weighted by Gasteiger charge is -2.42. The molecule has 2 saturated heterocycles. The zero-order valence-electron chi connectivity index (χ0n) is 11.4. The summed E-state index contributed by atoms with van der Waals surface area (Å²) < 4.78 is 0. The van der Waals surface area contributed by atoms with Crippen LogP contribution >= 0.6 is 23.2 Å². The number of hydrogen-bond donors (Lipinski definition) is 0. The number of nitrogens with zero attached hydrogens (tertiary/aromatic N) is 3. The second-order valence-electron chi connectivity index (χ2n) is 5.38. The standard InChI is InChI=1S/C14H15Cl2N3O2/c15-11-5-4-9(13(16)17-11)7-18-8-12(20)19-6-2-1-3-10(19)14(18)21/h4-5,10H,1-3,6-8H2. The molecule has 1 atom stereocenters. The van der Waals surface area contributed by atoms with Gasteiger partial charge in [-0.2, -0.15) is 0 Å². The highest BCUT2D eigenvalue weighted by Crippen LogP contribution is 2.25. The van der Waals surface area contributed by atoms with E-state index in [1.54, 1.807) is 21.9 Å². The number of carbonyl (C=O) groups excluding carboxylic acids is 2. The molecule has 112 valence electrons. The van der Waals surface area contributed by atoms with Crippen LogP contribution in [0.2, 0.25) is 10.3 Å². The lowest BCUT2D eigenvalue weighted by Crippen LogP contribution is -2.60. The molecule has 7 heteroatoms. The Labute approximate surface area is 132 Å². The van der Waals surface area contributed by atoms with Gasteiger partial charge >= 0.3 is 0 Å². The van der Waals surface area contributed by atoms with Crippen LogP contribution in [0.1, 0.15) is 24.8 Å². The van der Waals surface area contributed by atoms with Crippen molar-refractivity contribution in [2.24, 2.45) is 0 Å². The van der Waals surface area contributed by atoms with Gasteiger partial charge in [0.05, 0.1) is 0 Å². The lowest BCUT2D eigenvalue weighted by atomic mass is 9.98. The predicted octanol–water partition coefficient (Wildman–Crippen LogP) is 2.11. The fourth-order valence-electron chi connectivity index (χ4n) is 2.93. The van der Waals surface area contributed by atoms with Crippen LogP contribution in [0.4, 0.5) is 0 Å².